The van der Waals surface area contributed by atoms with E-state index in [2.05, 4.69) is 10.1 Å². The molecule has 1 saturated heterocycles. The number of rotatable bonds is 2. The van der Waals surface area contributed by atoms with Gasteiger partial charge in [0.25, 0.3) is 0 Å². The molecule has 1 heterocycles. The van der Waals surface area contributed by atoms with Crippen LogP contribution in [0.2, 0.25) is 0 Å². The van der Waals surface area contributed by atoms with E-state index in [1.165, 1.54) is 19.2 Å². The summed E-state index contributed by atoms with van der Waals surface area (Å²) in [5.74, 6) is -0.635. The molecule has 17 heavy (non-hydrogen) atoms. The number of benzene rings is 1. The van der Waals surface area contributed by atoms with Gasteiger partial charge in [-0.3, -0.25) is 10.1 Å². The molecule has 92 valence electrons. The van der Waals surface area contributed by atoms with Gasteiger partial charge in [0, 0.05) is 6.54 Å². The highest BCUT2D eigenvalue weighted by atomic mass is 19.1. The summed E-state index contributed by atoms with van der Waals surface area (Å²) in [4.78, 5) is 11.2. The zero-order valence-corrected chi connectivity index (χ0v) is 9.48. The molecule has 2 rings (SSSR count). The topological polar surface area (TPSA) is 47.6 Å². The summed E-state index contributed by atoms with van der Waals surface area (Å²) in [5, 5.41) is 3.02. The average molecular weight is 239 g/mol. The van der Waals surface area contributed by atoms with Crippen molar-refractivity contribution in [1.82, 2.24) is 5.32 Å². The van der Waals surface area contributed by atoms with Crippen molar-refractivity contribution >= 4 is 5.97 Å². The van der Waals surface area contributed by atoms with Crippen molar-refractivity contribution in [3.63, 3.8) is 0 Å². The van der Waals surface area contributed by atoms with Gasteiger partial charge in [-0.15, -0.1) is 0 Å². The van der Waals surface area contributed by atoms with E-state index in [-0.39, 0.29) is 24.5 Å². The lowest BCUT2D eigenvalue weighted by atomic mass is 10.1. The molecule has 0 saturated carbocycles. The highest BCUT2D eigenvalue weighted by molar-refractivity contribution is 5.75. The molecule has 2 atom stereocenters. The summed E-state index contributed by atoms with van der Waals surface area (Å²) >= 11 is 0. The Hall–Kier alpha value is -1.46. The van der Waals surface area contributed by atoms with E-state index in [9.17, 15) is 9.18 Å². The van der Waals surface area contributed by atoms with Crippen molar-refractivity contribution in [2.75, 3.05) is 20.3 Å². The quantitative estimate of drug-likeness (QED) is 0.783. The van der Waals surface area contributed by atoms with E-state index >= 15 is 0 Å². The third kappa shape index (κ3) is 2.81. The molecule has 2 unspecified atom stereocenters. The van der Waals surface area contributed by atoms with Gasteiger partial charge in [-0.05, 0) is 17.7 Å². The monoisotopic (exact) mass is 239 g/mol. The summed E-state index contributed by atoms with van der Waals surface area (Å²) < 4.78 is 23.2. The van der Waals surface area contributed by atoms with Crippen LogP contribution in [0.4, 0.5) is 4.39 Å². The molecule has 4 nitrogen and oxygen atoms in total. The maximum absolute atomic E-state index is 13.0. The Bertz CT molecular complexity index is 402. The molecule has 0 amide bonds. The standard InChI is InChI=1S/C12H14FNO3/c1-16-12(15)10-7-17-11(6-14-10)8-3-2-4-9(13)5-8/h2-5,10-11,14H,6-7H2,1H3. The van der Waals surface area contributed by atoms with Crippen LogP contribution < -0.4 is 5.32 Å². The highest BCUT2D eigenvalue weighted by Gasteiger charge is 2.27. The Morgan fingerprint density at radius 2 is 2.41 bits per heavy atom. The molecule has 5 heteroatoms. The minimum Gasteiger partial charge on any atom is -0.468 e. The van der Waals surface area contributed by atoms with E-state index < -0.39 is 6.04 Å². The number of ether oxygens (including phenoxy) is 2. The van der Waals surface area contributed by atoms with E-state index in [0.717, 1.165) is 5.56 Å². The van der Waals surface area contributed by atoms with Crippen LogP contribution in [-0.4, -0.2) is 32.3 Å². The Balaban J connectivity index is 1.97. The first kappa shape index (κ1) is 12.0. The second-order valence-corrected chi connectivity index (χ2v) is 3.86. The number of carbonyl (C=O) groups is 1. The molecule has 0 aromatic heterocycles. The minimum atomic E-state index is -0.440. The number of carbonyl (C=O) groups excluding carboxylic acids is 1. The first-order valence-electron chi connectivity index (χ1n) is 5.39. The van der Waals surface area contributed by atoms with Gasteiger partial charge in [-0.2, -0.15) is 0 Å². The SMILES string of the molecule is COC(=O)C1COC(c2cccc(F)c2)CN1. The third-order valence-electron chi connectivity index (χ3n) is 2.72. The van der Waals surface area contributed by atoms with Gasteiger partial charge in [0.1, 0.15) is 11.9 Å². The molecule has 1 aromatic rings. The zero-order chi connectivity index (χ0) is 12.3. The molecule has 0 radical (unpaired) electrons. The lowest BCUT2D eigenvalue weighted by Gasteiger charge is -2.29. The molecule has 0 spiro atoms. The first-order valence-corrected chi connectivity index (χ1v) is 5.39. The zero-order valence-electron chi connectivity index (χ0n) is 9.48. The number of morpholine rings is 1. The summed E-state index contributed by atoms with van der Waals surface area (Å²) in [6, 6.07) is 5.82. The van der Waals surface area contributed by atoms with Crippen molar-refractivity contribution in [2.45, 2.75) is 12.1 Å². The van der Waals surface area contributed by atoms with Crippen molar-refractivity contribution in [3.8, 4) is 0 Å². The van der Waals surface area contributed by atoms with Gasteiger partial charge in [-0.1, -0.05) is 12.1 Å². The lowest BCUT2D eigenvalue weighted by Crippen LogP contribution is -2.48. The predicted molar refractivity (Wildman–Crippen MR) is 58.9 cm³/mol. The maximum atomic E-state index is 13.0. The summed E-state index contributed by atoms with van der Waals surface area (Å²) in [7, 11) is 1.34. The van der Waals surface area contributed by atoms with Gasteiger partial charge in [0.05, 0.1) is 19.8 Å². The second-order valence-electron chi connectivity index (χ2n) is 3.86. The fourth-order valence-corrected chi connectivity index (χ4v) is 1.79. The van der Waals surface area contributed by atoms with Crippen LogP contribution in [0.15, 0.2) is 24.3 Å². The van der Waals surface area contributed by atoms with Crippen LogP contribution in [0.1, 0.15) is 11.7 Å². The van der Waals surface area contributed by atoms with Crippen LogP contribution in [0.5, 0.6) is 0 Å². The van der Waals surface area contributed by atoms with Crippen LogP contribution in [0.3, 0.4) is 0 Å². The number of methoxy groups -OCH3 is 1. The first-order chi connectivity index (χ1) is 8.20. The molecule has 1 N–H and O–H groups in total. The molecule has 0 aliphatic carbocycles. The van der Waals surface area contributed by atoms with Crippen LogP contribution >= 0.6 is 0 Å². The van der Waals surface area contributed by atoms with Gasteiger partial charge < -0.3 is 9.47 Å². The molecule has 1 fully saturated rings. The van der Waals surface area contributed by atoms with Crippen LogP contribution in [0, 0.1) is 5.82 Å². The normalized spacial score (nSPS) is 24.4. The largest absolute Gasteiger partial charge is 0.468 e. The molecule has 1 aromatic carbocycles. The summed E-state index contributed by atoms with van der Waals surface area (Å²) in [6.45, 7) is 0.692. The number of halogens is 1. The van der Waals surface area contributed by atoms with Gasteiger partial charge in [0.15, 0.2) is 0 Å². The smallest absolute Gasteiger partial charge is 0.325 e. The van der Waals surface area contributed by atoms with Crippen molar-refractivity contribution in [1.29, 1.82) is 0 Å². The molecule has 1 aliphatic rings. The Morgan fingerprint density at radius 1 is 1.59 bits per heavy atom. The Kier molecular flexibility index (Phi) is 3.71. The summed E-state index contributed by atoms with van der Waals surface area (Å²) in [6.07, 6.45) is -0.230. The molecular formula is C12H14FNO3. The predicted octanol–water partition coefficient (Wildman–Crippen LogP) is 1.03. The number of esters is 1. The highest BCUT2D eigenvalue weighted by Crippen LogP contribution is 2.20. The maximum Gasteiger partial charge on any atom is 0.325 e. The van der Waals surface area contributed by atoms with Gasteiger partial charge >= 0.3 is 5.97 Å². The fourth-order valence-electron chi connectivity index (χ4n) is 1.79. The van der Waals surface area contributed by atoms with Gasteiger partial charge in [-0.25, -0.2) is 4.39 Å². The Morgan fingerprint density at radius 3 is 3.00 bits per heavy atom. The number of hydrogen-bond acceptors (Lipinski definition) is 4. The van der Waals surface area contributed by atoms with Crippen LogP contribution in [-0.2, 0) is 14.3 Å². The second kappa shape index (κ2) is 5.25. The van der Waals surface area contributed by atoms with Crippen molar-refractivity contribution in [3.05, 3.63) is 35.6 Å². The molecule has 1 aliphatic heterocycles. The summed E-state index contributed by atoms with van der Waals surface area (Å²) in [5.41, 5.74) is 0.765. The number of nitrogens with one attached hydrogen (secondary N) is 1. The van der Waals surface area contributed by atoms with Crippen molar-refractivity contribution < 1.29 is 18.7 Å². The average Bonchev–Trinajstić information content (AvgIpc) is 2.38. The van der Waals surface area contributed by atoms with Crippen molar-refractivity contribution in [2.24, 2.45) is 0 Å². The van der Waals surface area contributed by atoms with E-state index in [1.54, 1.807) is 12.1 Å². The fraction of sp³-hybridized carbons (Fsp3) is 0.417. The van der Waals surface area contributed by atoms with Gasteiger partial charge in [0.2, 0.25) is 0 Å². The van der Waals surface area contributed by atoms with E-state index in [4.69, 9.17) is 4.74 Å². The molecular weight excluding hydrogens is 225 g/mol. The van der Waals surface area contributed by atoms with Crippen LogP contribution in [0.25, 0.3) is 0 Å². The third-order valence-corrected chi connectivity index (χ3v) is 2.72. The number of hydrogen-bond donors (Lipinski definition) is 1. The lowest BCUT2D eigenvalue weighted by molar-refractivity contribution is -0.147. The van der Waals surface area contributed by atoms with E-state index in [1.807, 2.05) is 0 Å². The Labute approximate surface area is 98.7 Å². The van der Waals surface area contributed by atoms with E-state index in [0.29, 0.717) is 6.54 Å². The minimum absolute atomic E-state index is 0.230. The molecule has 0 bridgehead atoms.